The van der Waals surface area contributed by atoms with Gasteiger partial charge in [0.15, 0.2) is 4.90 Å². The number of benzene rings is 1. The molecule has 30 heavy (non-hydrogen) atoms. The fraction of sp³-hybridized carbons (Fsp3) is 0.500. The van der Waals surface area contributed by atoms with Crippen LogP contribution in [0.4, 0.5) is 5.69 Å². The Balaban J connectivity index is 1.83. The van der Waals surface area contributed by atoms with Crippen molar-refractivity contribution in [2.24, 2.45) is 5.92 Å². The quantitative estimate of drug-likeness (QED) is 0.601. The summed E-state index contributed by atoms with van der Waals surface area (Å²) in [4.78, 5) is 7.81. The first-order valence-corrected chi connectivity index (χ1v) is 11.8. The Morgan fingerprint density at radius 2 is 1.97 bits per heavy atom. The highest BCUT2D eigenvalue weighted by Gasteiger charge is 2.25. The van der Waals surface area contributed by atoms with Gasteiger partial charge in [-0.2, -0.15) is 4.98 Å². The van der Waals surface area contributed by atoms with Crippen LogP contribution in [0.3, 0.4) is 0 Å². The number of hydrogen-bond donors (Lipinski definition) is 1. The van der Waals surface area contributed by atoms with Crippen molar-refractivity contribution in [3.8, 4) is 17.6 Å². The maximum Gasteiger partial charge on any atom is 0.319 e. The Bertz CT molecular complexity index is 986. The SMILES string of the molecule is CCOc1ncc(S(=O)(=O)Nc2ccc(Cl)c(O[C@@H]3CCC(C)C3)c2)c(OCC)n1. The maximum absolute atomic E-state index is 13.0. The van der Waals surface area contributed by atoms with Crippen molar-refractivity contribution in [1.82, 2.24) is 9.97 Å². The van der Waals surface area contributed by atoms with Crippen LogP contribution < -0.4 is 18.9 Å². The van der Waals surface area contributed by atoms with Crippen molar-refractivity contribution in [2.75, 3.05) is 17.9 Å². The molecule has 164 valence electrons. The summed E-state index contributed by atoms with van der Waals surface area (Å²) in [6.07, 6.45) is 4.25. The third kappa shape index (κ3) is 5.46. The van der Waals surface area contributed by atoms with Crippen LogP contribution in [0.5, 0.6) is 17.6 Å². The lowest BCUT2D eigenvalue weighted by Crippen LogP contribution is -2.17. The summed E-state index contributed by atoms with van der Waals surface area (Å²) in [5.41, 5.74) is 0.316. The number of ether oxygens (including phenoxy) is 3. The summed E-state index contributed by atoms with van der Waals surface area (Å²) in [6.45, 7) is 6.29. The number of hydrogen-bond acceptors (Lipinski definition) is 7. The van der Waals surface area contributed by atoms with E-state index in [0.29, 0.717) is 29.0 Å². The molecule has 10 heteroatoms. The first-order valence-electron chi connectivity index (χ1n) is 9.94. The molecule has 2 aromatic rings. The standard InChI is InChI=1S/C20H26ClN3O5S/c1-4-27-19-18(12-22-20(23-19)28-5-2)30(25,26)24-14-7-9-16(21)17(11-14)29-15-8-6-13(3)10-15/h7,9,11-13,15,24H,4-6,8,10H2,1-3H3/t13?,15-/m1/s1. The molecule has 1 aliphatic rings. The van der Waals surface area contributed by atoms with Gasteiger partial charge >= 0.3 is 6.01 Å². The number of sulfonamides is 1. The molecule has 1 N–H and O–H groups in total. The number of anilines is 1. The summed E-state index contributed by atoms with van der Waals surface area (Å²) in [6, 6.07) is 4.80. The van der Waals surface area contributed by atoms with Crippen molar-refractivity contribution in [3.63, 3.8) is 0 Å². The van der Waals surface area contributed by atoms with Crippen molar-refractivity contribution in [2.45, 2.75) is 51.0 Å². The Labute approximate surface area is 182 Å². The van der Waals surface area contributed by atoms with Gasteiger partial charge in [0.05, 0.1) is 36.2 Å². The van der Waals surface area contributed by atoms with Gasteiger partial charge in [-0.25, -0.2) is 13.4 Å². The number of nitrogens with zero attached hydrogens (tertiary/aromatic N) is 2. The predicted molar refractivity (Wildman–Crippen MR) is 114 cm³/mol. The van der Waals surface area contributed by atoms with Gasteiger partial charge in [0.1, 0.15) is 5.75 Å². The van der Waals surface area contributed by atoms with Crippen LogP contribution >= 0.6 is 11.6 Å². The van der Waals surface area contributed by atoms with E-state index >= 15 is 0 Å². The summed E-state index contributed by atoms with van der Waals surface area (Å²) in [5.74, 6) is 0.977. The van der Waals surface area contributed by atoms with E-state index in [1.54, 1.807) is 32.0 Å². The van der Waals surface area contributed by atoms with Crippen LogP contribution in [-0.4, -0.2) is 37.7 Å². The lowest BCUT2D eigenvalue weighted by molar-refractivity contribution is 0.206. The summed E-state index contributed by atoms with van der Waals surface area (Å²) < 4.78 is 45.1. The van der Waals surface area contributed by atoms with E-state index in [2.05, 4.69) is 21.6 Å². The highest BCUT2D eigenvalue weighted by molar-refractivity contribution is 7.92. The summed E-state index contributed by atoms with van der Waals surface area (Å²) in [7, 11) is -4.02. The fourth-order valence-corrected chi connectivity index (χ4v) is 4.51. The molecular weight excluding hydrogens is 430 g/mol. The molecule has 3 rings (SSSR count). The third-order valence-corrected chi connectivity index (χ3v) is 6.34. The highest BCUT2D eigenvalue weighted by Crippen LogP contribution is 2.34. The zero-order chi connectivity index (χ0) is 21.7. The molecule has 0 radical (unpaired) electrons. The van der Waals surface area contributed by atoms with E-state index in [9.17, 15) is 8.42 Å². The molecule has 2 atom stereocenters. The maximum atomic E-state index is 13.0. The van der Waals surface area contributed by atoms with Crippen LogP contribution in [0.25, 0.3) is 0 Å². The molecule has 1 fully saturated rings. The minimum atomic E-state index is -4.02. The molecule has 1 aromatic heterocycles. The van der Waals surface area contributed by atoms with Gasteiger partial charge in [0.25, 0.3) is 10.0 Å². The van der Waals surface area contributed by atoms with E-state index in [1.807, 2.05) is 0 Å². The summed E-state index contributed by atoms with van der Waals surface area (Å²) >= 11 is 6.26. The minimum absolute atomic E-state index is 0.0490. The van der Waals surface area contributed by atoms with E-state index in [1.165, 1.54) is 6.20 Å². The van der Waals surface area contributed by atoms with Crippen LogP contribution in [0.15, 0.2) is 29.3 Å². The molecule has 1 saturated carbocycles. The average Bonchev–Trinajstić information content (AvgIpc) is 3.09. The molecule has 1 aliphatic carbocycles. The Morgan fingerprint density at radius 3 is 2.63 bits per heavy atom. The van der Waals surface area contributed by atoms with Gasteiger partial charge in [-0.15, -0.1) is 0 Å². The van der Waals surface area contributed by atoms with Crippen LogP contribution in [-0.2, 0) is 10.0 Å². The lowest BCUT2D eigenvalue weighted by atomic mass is 10.1. The second-order valence-corrected chi connectivity index (χ2v) is 9.15. The second-order valence-electron chi connectivity index (χ2n) is 7.10. The van der Waals surface area contributed by atoms with E-state index in [-0.39, 0.29) is 29.5 Å². The van der Waals surface area contributed by atoms with E-state index in [4.69, 9.17) is 25.8 Å². The molecule has 0 aliphatic heterocycles. The normalized spacial score (nSPS) is 18.8. The molecule has 1 unspecified atom stereocenters. The average molecular weight is 456 g/mol. The zero-order valence-corrected chi connectivity index (χ0v) is 18.8. The topological polar surface area (TPSA) is 99.6 Å². The third-order valence-electron chi connectivity index (χ3n) is 4.67. The van der Waals surface area contributed by atoms with Crippen molar-refractivity contribution in [1.29, 1.82) is 0 Å². The number of halogens is 1. The number of aromatic nitrogens is 2. The number of nitrogens with one attached hydrogen (secondary N) is 1. The molecule has 0 bridgehead atoms. The molecule has 1 heterocycles. The van der Waals surface area contributed by atoms with E-state index in [0.717, 1.165) is 19.3 Å². The predicted octanol–water partition coefficient (Wildman–Crippen LogP) is 4.30. The number of rotatable bonds is 9. The van der Waals surface area contributed by atoms with Crippen molar-refractivity contribution >= 4 is 27.3 Å². The zero-order valence-electron chi connectivity index (χ0n) is 17.2. The Kier molecular flexibility index (Phi) is 7.25. The molecule has 0 spiro atoms. The molecule has 0 amide bonds. The van der Waals surface area contributed by atoms with Gasteiger partial charge in [-0.1, -0.05) is 18.5 Å². The van der Waals surface area contributed by atoms with Crippen molar-refractivity contribution in [3.05, 3.63) is 29.4 Å². The molecular formula is C20H26ClN3O5S. The second kappa shape index (κ2) is 9.70. The largest absolute Gasteiger partial charge is 0.489 e. The van der Waals surface area contributed by atoms with Gasteiger partial charge in [0, 0.05) is 6.07 Å². The fourth-order valence-electron chi connectivity index (χ4n) is 3.27. The first kappa shape index (κ1) is 22.4. The van der Waals surface area contributed by atoms with Gasteiger partial charge < -0.3 is 14.2 Å². The highest BCUT2D eigenvalue weighted by atomic mass is 35.5. The van der Waals surface area contributed by atoms with Crippen LogP contribution in [0.2, 0.25) is 5.02 Å². The first-order chi connectivity index (χ1) is 14.3. The summed E-state index contributed by atoms with van der Waals surface area (Å²) in [5, 5.41) is 0.428. The monoisotopic (exact) mass is 455 g/mol. The minimum Gasteiger partial charge on any atom is -0.489 e. The Morgan fingerprint density at radius 1 is 1.20 bits per heavy atom. The van der Waals surface area contributed by atoms with Crippen LogP contribution in [0, 0.1) is 5.92 Å². The molecule has 0 saturated heterocycles. The van der Waals surface area contributed by atoms with Gasteiger partial charge in [0.2, 0.25) is 5.88 Å². The van der Waals surface area contributed by atoms with Gasteiger partial charge in [-0.3, -0.25) is 4.72 Å². The van der Waals surface area contributed by atoms with Crippen LogP contribution in [0.1, 0.15) is 40.0 Å². The van der Waals surface area contributed by atoms with E-state index < -0.39 is 10.0 Å². The van der Waals surface area contributed by atoms with Gasteiger partial charge in [-0.05, 0) is 51.2 Å². The smallest absolute Gasteiger partial charge is 0.319 e. The lowest BCUT2D eigenvalue weighted by Gasteiger charge is -2.17. The molecule has 8 nitrogen and oxygen atoms in total. The Hall–Kier alpha value is -2.26. The van der Waals surface area contributed by atoms with Crippen molar-refractivity contribution < 1.29 is 22.6 Å². The molecule has 1 aromatic carbocycles.